The third kappa shape index (κ3) is 6.29. The number of amides is 1. The molecule has 1 aromatic heterocycles. The largest absolute Gasteiger partial charge is 0.484 e. The lowest BCUT2D eigenvalue weighted by atomic mass is 9.96. The Bertz CT molecular complexity index is 1690. The van der Waals surface area contributed by atoms with E-state index in [1.54, 1.807) is 68.1 Å². The molecule has 1 amide bonds. The van der Waals surface area contributed by atoms with Crippen molar-refractivity contribution in [2.45, 2.75) is 32.9 Å². The van der Waals surface area contributed by atoms with Gasteiger partial charge in [0.1, 0.15) is 11.8 Å². The molecule has 11 heteroatoms. The van der Waals surface area contributed by atoms with E-state index in [0.717, 1.165) is 5.56 Å². The van der Waals surface area contributed by atoms with Crippen LogP contribution in [0.5, 0.6) is 5.75 Å². The first-order valence-corrected chi connectivity index (χ1v) is 14.5. The molecule has 2 aliphatic rings. The number of nitrogens with zero attached hydrogens (tertiary/aromatic N) is 3. The maximum absolute atomic E-state index is 13.9. The molecule has 1 saturated heterocycles. The lowest BCUT2D eigenvalue weighted by Gasteiger charge is -2.26. The molecule has 0 aliphatic carbocycles. The van der Waals surface area contributed by atoms with Gasteiger partial charge in [0, 0.05) is 18.1 Å². The Morgan fingerprint density at radius 1 is 1.17 bits per heavy atom. The van der Waals surface area contributed by atoms with Crippen molar-refractivity contribution in [2.24, 2.45) is 4.99 Å². The van der Waals surface area contributed by atoms with Crippen LogP contribution in [-0.4, -0.2) is 60.4 Å². The Morgan fingerprint density at radius 3 is 2.66 bits per heavy atom. The van der Waals surface area contributed by atoms with Gasteiger partial charge in [0.05, 0.1) is 35.1 Å². The van der Waals surface area contributed by atoms with Crippen LogP contribution < -0.4 is 19.6 Å². The predicted octanol–water partition coefficient (Wildman–Crippen LogP) is 3.08. The van der Waals surface area contributed by atoms with Gasteiger partial charge in [0.15, 0.2) is 11.4 Å². The number of morpholine rings is 1. The van der Waals surface area contributed by atoms with E-state index in [9.17, 15) is 14.4 Å². The van der Waals surface area contributed by atoms with Gasteiger partial charge in [-0.25, -0.2) is 9.79 Å². The number of allylic oxidation sites excluding steroid dienone is 1. The first-order chi connectivity index (χ1) is 19.7. The molecule has 214 valence electrons. The molecule has 41 heavy (non-hydrogen) atoms. The van der Waals surface area contributed by atoms with Crippen LogP contribution in [0.15, 0.2) is 69.6 Å². The van der Waals surface area contributed by atoms with Crippen molar-refractivity contribution in [3.8, 4) is 5.75 Å². The summed E-state index contributed by atoms with van der Waals surface area (Å²) in [5.41, 5.74) is 1.75. The lowest BCUT2D eigenvalue weighted by Crippen LogP contribution is -2.42. The number of aromatic nitrogens is 1. The quantitative estimate of drug-likeness (QED) is 0.389. The van der Waals surface area contributed by atoms with E-state index in [1.807, 2.05) is 12.1 Å². The molecule has 1 fully saturated rings. The molecule has 1 unspecified atom stereocenters. The summed E-state index contributed by atoms with van der Waals surface area (Å²) in [5, 5.41) is 0.424. The van der Waals surface area contributed by atoms with Gasteiger partial charge in [-0.1, -0.05) is 53.3 Å². The Balaban J connectivity index is 1.50. The third-order valence-electron chi connectivity index (χ3n) is 6.67. The molecule has 0 bridgehead atoms. The minimum atomic E-state index is -0.797. The number of hydrogen-bond donors (Lipinski definition) is 0. The summed E-state index contributed by atoms with van der Waals surface area (Å²) in [6, 6.07) is 13.5. The maximum atomic E-state index is 13.9. The highest BCUT2D eigenvalue weighted by Crippen LogP contribution is 2.34. The van der Waals surface area contributed by atoms with Crippen LogP contribution in [0.4, 0.5) is 0 Å². The molecule has 0 N–H and O–H groups in total. The van der Waals surface area contributed by atoms with E-state index < -0.39 is 12.0 Å². The number of ether oxygens (including phenoxy) is 3. The number of halogens is 1. The number of rotatable bonds is 7. The molecule has 5 rings (SSSR count). The van der Waals surface area contributed by atoms with E-state index in [1.165, 1.54) is 15.9 Å². The van der Waals surface area contributed by atoms with Crippen molar-refractivity contribution in [1.29, 1.82) is 0 Å². The Morgan fingerprint density at radius 2 is 1.93 bits per heavy atom. The van der Waals surface area contributed by atoms with E-state index in [0.29, 0.717) is 57.7 Å². The molecule has 1 atom stereocenters. The summed E-state index contributed by atoms with van der Waals surface area (Å²) >= 11 is 7.80. The van der Waals surface area contributed by atoms with Gasteiger partial charge in [-0.15, -0.1) is 0 Å². The van der Waals surface area contributed by atoms with Crippen LogP contribution in [0.1, 0.15) is 37.9 Å². The van der Waals surface area contributed by atoms with Crippen molar-refractivity contribution < 1.29 is 23.8 Å². The number of thiazole rings is 1. The topological polar surface area (TPSA) is 99.4 Å². The molecule has 3 aromatic rings. The molecule has 0 saturated carbocycles. The van der Waals surface area contributed by atoms with Crippen LogP contribution >= 0.6 is 22.9 Å². The molecule has 9 nitrogen and oxygen atoms in total. The first-order valence-electron chi connectivity index (χ1n) is 13.3. The Kier molecular flexibility index (Phi) is 8.72. The zero-order valence-electron chi connectivity index (χ0n) is 23.0. The monoisotopic (exact) mass is 595 g/mol. The van der Waals surface area contributed by atoms with Gasteiger partial charge in [0.25, 0.3) is 11.5 Å². The van der Waals surface area contributed by atoms with Crippen LogP contribution in [0.3, 0.4) is 0 Å². The second kappa shape index (κ2) is 12.4. The zero-order valence-corrected chi connectivity index (χ0v) is 24.5. The van der Waals surface area contributed by atoms with E-state index >= 15 is 0 Å². The number of hydrogen-bond acceptors (Lipinski definition) is 8. The fourth-order valence-electron chi connectivity index (χ4n) is 4.75. The molecular formula is C30H30ClN3O6S. The summed E-state index contributed by atoms with van der Waals surface area (Å²) in [4.78, 5) is 46.4. The van der Waals surface area contributed by atoms with Gasteiger partial charge >= 0.3 is 5.97 Å². The van der Waals surface area contributed by atoms with Crippen molar-refractivity contribution in [1.82, 2.24) is 9.47 Å². The second-order valence-electron chi connectivity index (χ2n) is 9.91. The van der Waals surface area contributed by atoms with E-state index in [4.69, 9.17) is 25.8 Å². The Labute approximate surface area is 245 Å². The predicted molar refractivity (Wildman–Crippen MR) is 156 cm³/mol. The van der Waals surface area contributed by atoms with Crippen LogP contribution in [-0.2, 0) is 19.1 Å². The minimum Gasteiger partial charge on any atom is -0.484 e. The molecule has 2 aliphatic heterocycles. The average molecular weight is 596 g/mol. The number of carbonyl (C=O) groups excluding carboxylic acids is 2. The third-order valence-corrected chi connectivity index (χ3v) is 7.99. The second-order valence-corrected chi connectivity index (χ2v) is 11.3. The van der Waals surface area contributed by atoms with Gasteiger partial charge in [-0.05, 0) is 56.2 Å². The number of esters is 1. The van der Waals surface area contributed by atoms with Crippen molar-refractivity contribution in [2.75, 3.05) is 32.9 Å². The standard InChI is InChI=1S/C30H30ClN3O6S/c1-18(2)40-29(37)26-19(3)32-30-34(27(26)22-9-4-5-10-23(22)31)28(36)24(41-30)16-20-7-6-8-21(15-20)39-17-25(35)33-11-13-38-14-12-33/h4-10,15-16,18,27H,11-14,17H2,1-3H3. The van der Waals surface area contributed by atoms with Crippen molar-refractivity contribution in [3.63, 3.8) is 0 Å². The van der Waals surface area contributed by atoms with Gasteiger partial charge in [0.2, 0.25) is 0 Å². The highest BCUT2D eigenvalue weighted by Gasteiger charge is 2.34. The van der Waals surface area contributed by atoms with Crippen LogP contribution in [0.2, 0.25) is 5.02 Å². The molecule has 2 aromatic carbocycles. The summed E-state index contributed by atoms with van der Waals surface area (Å²) < 4.78 is 18.5. The SMILES string of the molecule is CC1=C(C(=O)OC(C)C)C(c2ccccc2Cl)n2c(sc(=Cc3cccc(OCC(=O)N4CCOCC4)c3)c2=O)=N1. The summed E-state index contributed by atoms with van der Waals surface area (Å²) in [6.07, 6.45) is 1.40. The zero-order chi connectivity index (χ0) is 29.1. The number of carbonyl (C=O) groups is 2. The molecule has 3 heterocycles. The molecule has 0 radical (unpaired) electrons. The van der Waals surface area contributed by atoms with Crippen molar-refractivity contribution in [3.05, 3.63) is 95.6 Å². The normalized spacial score (nSPS) is 17.3. The smallest absolute Gasteiger partial charge is 0.338 e. The fraction of sp³-hybridized carbons (Fsp3) is 0.333. The van der Waals surface area contributed by atoms with Gasteiger partial charge in [-0.3, -0.25) is 14.2 Å². The number of benzene rings is 2. The van der Waals surface area contributed by atoms with E-state index in [2.05, 4.69) is 4.99 Å². The fourth-order valence-corrected chi connectivity index (χ4v) is 6.03. The summed E-state index contributed by atoms with van der Waals surface area (Å²) in [6.45, 7) is 7.33. The minimum absolute atomic E-state index is 0.0853. The molecule has 0 spiro atoms. The van der Waals surface area contributed by atoms with Crippen LogP contribution in [0, 0.1) is 0 Å². The molecular weight excluding hydrogens is 566 g/mol. The van der Waals surface area contributed by atoms with Crippen molar-refractivity contribution >= 4 is 40.9 Å². The van der Waals surface area contributed by atoms with Crippen LogP contribution in [0.25, 0.3) is 6.08 Å². The van der Waals surface area contributed by atoms with Gasteiger partial charge in [-0.2, -0.15) is 0 Å². The highest BCUT2D eigenvalue weighted by molar-refractivity contribution is 7.07. The van der Waals surface area contributed by atoms with E-state index in [-0.39, 0.29) is 29.8 Å². The average Bonchev–Trinajstić information content (AvgIpc) is 3.25. The highest BCUT2D eigenvalue weighted by atomic mass is 35.5. The lowest BCUT2D eigenvalue weighted by molar-refractivity contribution is -0.143. The maximum Gasteiger partial charge on any atom is 0.338 e. The summed E-state index contributed by atoms with van der Waals surface area (Å²) in [5.74, 6) is -0.137. The summed E-state index contributed by atoms with van der Waals surface area (Å²) in [7, 11) is 0. The first kappa shape index (κ1) is 28.8. The van der Waals surface area contributed by atoms with Gasteiger partial charge < -0.3 is 19.1 Å². The Hall–Kier alpha value is -3.73. The number of fused-ring (bicyclic) bond motifs is 1.